The van der Waals surface area contributed by atoms with Crippen LogP contribution < -0.4 is 15.8 Å². The van der Waals surface area contributed by atoms with E-state index in [1.165, 1.54) is 6.33 Å². The van der Waals surface area contributed by atoms with Crippen LogP contribution in [0, 0.1) is 0 Å². The second-order valence-corrected chi connectivity index (χ2v) is 9.03. The first-order chi connectivity index (χ1) is 18.1. The van der Waals surface area contributed by atoms with Crippen LogP contribution >= 0.6 is 0 Å². The van der Waals surface area contributed by atoms with Crippen molar-refractivity contribution in [2.45, 2.75) is 25.3 Å². The molecule has 4 N–H and O–H groups in total. The molecule has 192 valence electrons. The van der Waals surface area contributed by atoms with Gasteiger partial charge in [-0.25, -0.2) is 14.6 Å². The highest BCUT2D eigenvalue weighted by atomic mass is 16.5. The summed E-state index contributed by atoms with van der Waals surface area (Å²) in [4.78, 5) is 23.2. The highest BCUT2D eigenvalue weighted by molar-refractivity contribution is 5.98. The number of aliphatic hydroxyl groups is 1. The van der Waals surface area contributed by atoms with Crippen LogP contribution in [0.2, 0.25) is 0 Å². The van der Waals surface area contributed by atoms with Gasteiger partial charge in [0.05, 0.1) is 18.0 Å². The molecule has 0 spiro atoms. The van der Waals surface area contributed by atoms with Crippen LogP contribution in [0.3, 0.4) is 0 Å². The number of nitrogens with zero attached hydrogens (tertiary/aromatic N) is 5. The first-order valence-corrected chi connectivity index (χ1v) is 12.6. The molecule has 0 bridgehead atoms. The van der Waals surface area contributed by atoms with E-state index in [-0.39, 0.29) is 18.6 Å². The Hall–Kier alpha value is -4.02. The Balaban J connectivity index is 1.33. The monoisotopic (exact) mass is 501 g/mol. The van der Waals surface area contributed by atoms with Crippen molar-refractivity contribution >= 4 is 22.8 Å². The van der Waals surface area contributed by atoms with Gasteiger partial charge in [0.1, 0.15) is 29.3 Å². The van der Waals surface area contributed by atoms with Crippen molar-refractivity contribution in [2.75, 3.05) is 38.5 Å². The molecule has 2 aromatic heterocycles. The summed E-state index contributed by atoms with van der Waals surface area (Å²) in [5.41, 5.74) is 8.62. The van der Waals surface area contributed by atoms with E-state index in [9.17, 15) is 4.79 Å². The summed E-state index contributed by atoms with van der Waals surface area (Å²) in [5, 5.41) is 17.6. The lowest BCUT2D eigenvalue weighted by Crippen LogP contribution is -2.40. The molecular formula is C27H31N7O3. The number of aromatic nitrogens is 4. The molecule has 1 aliphatic rings. The summed E-state index contributed by atoms with van der Waals surface area (Å²) in [6.07, 6.45) is 3.45. The standard InChI is InChI=1S/C27H31N7O3/c28-26-24-25(19-6-8-22(9-7-19)37-21-4-2-1-3-5-21)32-34(27(24)31-18-30-26)20-11-15-33(16-12-20)23(36)10-13-29-14-17-35/h1-9,18,20,29,35H,10-17H2,(H2,28,30,31). The number of piperidine rings is 1. The van der Waals surface area contributed by atoms with Crippen molar-refractivity contribution in [1.29, 1.82) is 0 Å². The van der Waals surface area contributed by atoms with E-state index < -0.39 is 0 Å². The largest absolute Gasteiger partial charge is 0.457 e. The Bertz CT molecular complexity index is 1330. The lowest BCUT2D eigenvalue weighted by atomic mass is 10.0. The van der Waals surface area contributed by atoms with Gasteiger partial charge in [-0.3, -0.25) is 4.79 Å². The van der Waals surface area contributed by atoms with Gasteiger partial charge in [-0.2, -0.15) is 5.10 Å². The van der Waals surface area contributed by atoms with Crippen molar-refractivity contribution in [3.8, 4) is 22.8 Å². The van der Waals surface area contributed by atoms with Crippen LogP contribution in [-0.4, -0.2) is 68.4 Å². The predicted molar refractivity (Wildman–Crippen MR) is 141 cm³/mol. The maximum Gasteiger partial charge on any atom is 0.223 e. The third-order valence-electron chi connectivity index (χ3n) is 6.59. The van der Waals surface area contributed by atoms with Gasteiger partial charge in [-0.15, -0.1) is 0 Å². The molecule has 1 amide bonds. The molecule has 0 unspecified atom stereocenters. The molecular weight excluding hydrogens is 470 g/mol. The highest BCUT2D eigenvalue weighted by Gasteiger charge is 2.27. The van der Waals surface area contributed by atoms with E-state index in [0.29, 0.717) is 44.1 Å². The number of amides is 1. The summed E-state index contributed by atoms with van der Waals surface area (Å²) >= 11 is 0. The molecule has 4 aromatic rings. The minimum Gasteiger partial charge on any atom is -0.457 e. The Morgan fingerprint density at radius 1 is 1.03 bits per heavy atom. The molecule has 3 heterocycles. The number of rotatable bonds is 9. The van der Waals surface area contributed by atoms with E-state index >= 15 is 0 Å². The van der Waals surface area contributed by atoms with E-state index in [2.05, 4.69) is 15.3 Å². The molecule has 1 saturated heterocycles. The van der Waals surface area contributed by atoms with Crippen LogP contribution in [0.4, 0.5) is 5.82 Å². The van der Waals surface area contributed by atoms with E-state index in [4.69, 9.17) is 20.7 Å². The van der Waals surface area contributed by atoms with Gasteiger partial charge in [-0.1, -0.05) is 18.2 Å². The number of fused-ring (bicyclic) bond motifs is 1. The number of hydrogen-bond acceptors (Lipinski definition) is 8. The van der Waals surface area contributed by atoms with E-state index in [0.717, 1.165) is 41.0 Å². The fourth-order valence-corrected chi connectivity index (χ4v) is 4.67. The topological polar surface area (TPSA) is 131 Å². The molecule has 0 atom stereocenters. The number of nitrogen functional groups attached to an aromatic ring is 1. The third kappa shape index (κ3) is 5.55. The Kier molecular flexibility index (Phi) is 7.57. The van der Waals surface area contributed by atoms with Gasteiger partial charge < -0.3 is 25.8 Å². The maximum atomic E-state index is 12.5. The smallest absolute Gasteiger partial charge is 0.223 e. The Morgan fingerprint density at radius 3 is 2.49 bits per heavy atom. The average Bonchev–Trinajstić information content (AvgIpc) is 3.33. The van der Waals surface area contributed by atoms with Gasteiger partial charge in [0.15, 0.2) is 5.65 Å². The number of carbonyl (C=O) groups is 1. The van der Waals surface area contributed by atoms with Crippen LogP contribution in [0.1, 0.15) is 25.3 Å². The number of ether oxygens (including phenoxy) is 1. The van der Waals surface area contributed by atoms with Crippen molar-refractivity contribution in [3.05, 3.63) is 60.9 Å². The molecule has 0 aliphatic carbocycles. The lowest BCUT2D eigenvalue weighted by Gasteiger charge is -2.32. The van der Waals surface area contributed by atoms with Crippen LogP contribution in [0.25, 0.3) is 22.3 Å². The fraction of sp³-hybridized carbons (Fsp3) is 0.333. The van der Waals surface area contributed by atoms with E-state index in [1.807, 2.05) is 64.2 Å². The second-order valence-electron chi connectivity index (χ2n) is 9.03. The molecule has 10 heteroatoms. The molecule has 0 radical (unpaired) electrons. The number of carbonyl (C=O) groups excluding carboxylic acids is 1. The molecule has 0 saturated carbocycles. The normalized spacial score (nSPS) is 14.2. The average molecular weight is 502 g/mol. The zero-order chi connectivity index (χ0) is 25.6. The van der Waals surface area contributed by atoms with Crippen molar-refractivity contribution in [2.24, 2.45) is 0 Å². The number of nitrogens with two attached hydrogens (primary N) is 1. The second kappa shape index (κ2) is 11.4. The highest BCUT2D eigenvalue weighted by Crippen LogP contribution is 2.35. The van der Waals surface area contributed by atoms with Gasteiger partial charge in [0.2, 0.25) is 5.91 Å². The van der Waals surface area contributed by atoms with Gasteiger partial charge >= 0.3 is 0 Å². The third-order valence-corrected chi connectivity index (χ3v) is 6.59. The van der Waals surface area contributed by atoms with Crippen LogP contribution in [0.5, 0.6) is 11.5 Å². The number of benzene rings is 2. The number of likely N-dealkylation sites (tertiary alicyclic amines) is 1. The summed E-state index contributed by atoms with van der Waals surface area (Å²) < 4.78 is 7.87. The summed E-state index contributed by atoms with van der Waals surface area (Å²) in [5.74, 6) is 2.01. The summed E-state index contributed by atoms with van der Waals surface area (Å²) in [7, 11) is 0. The van der Waals surface area contributed by atoms with Crippen molar-refractivity contribution < 1.29 is 14.6 Å². The lowest BCUT2D eigenvalue weighted by molar-refractivity contribution is -0.132. The SMILES string of the molecule is Nc1ncnc2c1c(-c1ccc(Oc3ccccc3)cc1)nn2C1CCN(C(=O)CCNCCO)CC1. The minimum atomic E-state index is 0.0685. The van der Waals surface area contributed by atoms with E-state index in [1.54, 1.807) is 0 Å². The number of anilines is 1. The number of para-hydroxylation sites is 1. The molecule has 2 aromatic carbocycles. The van der Waals surface area contributed by atoms with Gasteiger partial charge in [0, 0.05) is 38.2 Å². The molecule has 1 aliphatic heterocycles. The molecule has 10 nitrogen and oxygen atoms in total. The molecule has 1 fully saturated rings. The van der Waals surface area contributed by atoms with Crippen LogP contribution in [-0.2, 0) is 4.79 Å². The summed E-state index contributed by atoms with van der Waals surface area (Å²) in [6, 6.07) is 17.5. The first-order valence-electron chi connectivity index (χ1n) is 12.6. The Labute approximate surface area is 215 Å². The first kappa shape index (κ1) is 24.7. The zero-order valence-corrected chi connectivity index (χ0v) is 20.6. The fourth-order valence-electron chi connectivity index (χ4n) is 4.67. The van der Waals surface area contributed by atoms with Gasteiger partial charge in [-0.05, 0) is 49.2 Å². The quantitative estimate of drug-likeness (QED) is 0.298. The number of nitrogens with one attached hydrogen (secondary N) is 1. The molecule has 37 heavy (non-hydrogen) atoms. The summed E-state index contributed by atoms with van der Waals surface area (Å²) in [6.45, 7) is 2.45. The Morgan fingerprint density at radius 2 is 1.76 bits per heavy atom. The maximum absolute atomic E-state index is 12.5. The van der Waals surface area contributed by atoms with Gasteiger partial charge in [0.25, 0.3) is 0 Å². The predicted octanol–water partition coefficient (Wildman–Crippen LogP) is 3.00. The number of hydrogen-bond donors (Lipinski definition) is 3. The zero-order valence-electron chi connectivity index (χ0n) is 20.6. The van der Waals surface area contributed by atoms with Crippen LogP contribution in [0.15, 0.2) is 60.9 Å². The minimum absolute atomic E-state index is 0.0685. The van der Waals surface area contributed by atoms with Crippen molar-refractivity contribution in [3.63, 3.8) is 0 Å². The number of aliphatic hydroxyl groups excluding tert-OH is 1. The van der Waals surface area contributed by atoms with Crippen molar-refractivity contribution in [1.82, 2.24) is 30.0 Å². The molecule has 5 rings (SSSR count).